The smallest absolute Gasteiger partial charge is 0.159 e. The Kier molecular flexibility index (Phi) is 5.87. The molecule has 0 unspecified atom stereocenters. The first-order valence-electron chi connectivity index (χ1n) is 11.9. The van der Waals surface area contributed by atoms with Gasteiger partial charge in [-0.3, -0.25) is 4.98 Å². The van der Waals surface area contributed by atoms with E-state index in [4.69, 9.17) is 4.98 Å². The van der Waals surface area contributed by atoms with Crippen molar-refractivity contribution in [3.8, 4) is 56.0 Å². The van der Waals surface area contributed by atoms with E-state index in [2.05, 4.69) is 107 Å². The van der Waals surface area contributed by atoms with Crippen LogP contribution in [0.5, 0.6) is 0 Å². The maximum absolute atomic E-state index is 4.96. The van der Waals surface area contributed by atoms with Crippen LogP contribution < -0.4 is 0 Å². The third-order valence-electron chi connectivity index (χ3n) is 6.24. The van der Waals surface area contributed by atoms with Gasteiger partial charge in [0.2, 0.25) is 0 Å². The highest BCUT2D eigenvalue weighted by molar-refractivity contribution is 5.80. The Morgan fingerprint density at radius 2 is 0.944 bits per heavy atom. The van der Waals surface area contributed by atoms with Crippen LogP contribution in [0.3, 0.4) is 0 Å². The minimum absolute atomic E-state index is 0.705. The van der Waals surface area contributed by atoms with Crippen LogP contribution in [0.1, 0.15) is 0 Å². The molecule has 0 saturated heterocycles. The van der Waals surface area contributed by atoms with Gasteiger partial charge >= 0.3 is 0 Å². The van der Waals surface area contributed by atoms with Gasteiger partial charge in [-0.2, -0.15) is 0 Å². The zero-order chi connectivity index (χ0) is 24.2. The molecule has 4 aromatic carbocycles. The van der Waals surface area contributed by atoms with E-state index in [-0.39, 0.29) is 0 Å². The van der Waals surface area contributed by atoms with Crippen molar-refractivity contribution < 1.29 is 0 Å². The third kappa shape index (κ3) is 4.55. The first kappa shape index (κ1) is 21.6. The Morgan fingerprint density at radius 1 is 0.389 bits per heavy atom. The topological polar surface area (TPSA) is 38.7 Å². The Balaban J connectivity index is 1.41. The maximum atomic E-state index is 4.96. The summed E-state index contributed by atoms with van der Waals surface area (Å²) in [6, 6.07) is 41.9. The first-order valence-corrected chi connectivity index (χ1v) is 11.9. The molecule has 2 heterocycles. The van der Waals surface area contributed by atoms with Gasteiger partial charge in [0, 0.05) is 29.7 Å². The first-order chi connectivity index (χ1) is 17.8. The number of benzene rings is 4. The number of pyridine rings is 1. The SMILES string of the molecule is c1ccc(-c2cc(-c3ccccc3)cc(-c3ccnc(-c4ccc(-c5cccnc5)cc4)n3)c2)cc1. The van der Waals surface area contributed by atoms with Gasteiger partial charge in [-0.15, -0.1) is 0 Å². The Hall–Kier alpha value is -4.89. The van der Waals surface area contributed by atoms with Crippen molar-refractivity contribution >= 4 is 0 Å². The summed E-state index contributed by atoms with van der Waals surface area (Å²) in [5.74, 6) is 0.705. The van der Waals surface area contributed by atoms with Crippen molar-refractivity contribution in [3.05, 3.63) is 140 Å². The van der Waals surface area contributed by atoms with Crippen LogP contribution in [0.4, 0.5) is 0 Å². The zero-order valence-electron chi connectivity index (χ0n) is 19.6. The molecule has 170 valence electrons. The van der Waals surface area contributed by atoms with Crippen LogP contribution in [0.25, 0.3) is 56.0 Å². The molecule has 0 saturated carbocycles. The van der Waals surface area contributed by atoms with Gasteiger partial charge in [0.1, 0.15) is 0 Å². The standard InChI is InChI=1S/C33H23N3/c1-3-8-24(9-4-1)29-20-30(25-10-5-2-6-11-25)22-31(21-29)32-17-19-35-33(36-32)27-15-13-26(14-16-27)28-12-7-18-34-23-28/h1-23H. The largest absolute Gasteiger partial charge is 0.264 e. The van der Waals surface area contributed by atoms with E-state index in [1.54, 1.807) is 6.20 Å². The summed E-state index contributed by atoms with van der Waals surface area (Å²) < 4.78 is 0. The lowest BCUT2D eigenvalue weighted by molar-refractivity contribution is 1.18. The van der Waals surface area contributed by atoms with Crippen molar-refractivity contribution in [2.24, 2.45) is 0 Å². The molecule has 36 heavy (non-hydrogen) atoms. The van der Waals surface area contributed by atoms with E-state index in [0.29, 0.717) is 5.82 Å². The van der Waals surface area contributed by atoms with Crippen LogP contribution in [-0.2, 0) is 0 Å². The molecular formula is C33H23N3. The second-order valence-electron chi connectivity index (χ2n) is 8.62. The fourth-order valence-corrected chi connectivity index (χ4v) is 4.37. The molecule has 0 aliphatic heterocycles. The van der Waals surface area contributed by atoms with E-state index in [0.717, 1.165) is 39.1 Å². The molecule has 3 nitrogen and oxygen atoms in total. The fraction of sp³-hybridized carbons (Fsp3) is 0. The summed E-state index contributed by atoms with van der Waals surface area (Å²) >= 11 is 0. The number of aromatic nitrogens is 3. The molecular weight excluding hydrogens is 438 g/mol. The van der Waals surface area contributed by atoms with Crippen LogP contribution in [0.2, 0.25) is 0 Å². The predicted molar refractivity (Wildman–Crippen MR) is 147 cm³/mol. The minimum Gasteiger partial charge on any atom is -0.264 e. The minimum atomic E-state index is 0.705. The van der Waals surface area contributed by atoms with E-state index in [1.807, 2.05) is 36.7 Å². The fourth-order valence-electron chi connectivity index (χ4n) is 4.37. The molecule has 0 N–H and O–H groups in total. The van der Waals surface area contributed by atoms with Gasteiger partial charge in [0.15, 0.2) is 5.82 Å². The van der Waals surface area contributed by atoms with Crippen molar-refractivity contribution in [1.29, 1.82) is 0 Å². The van der Waals surface area contributed by atoms with Crippen molar-refractivity contribution in [2.75, 3.05) is 0 Å². The van der Waals surface area contributed by atoms with Gasteiger partial charge < -0.3 is 0 Å². The average molecular weight is 462 g/mol. The van der Waals surface area contributed by atoms with E-state index in [1.165, 1.54) is 11.1 Å². The summed E-state index contributed by atoms with van der Waals surface area (Å²) in [7, 11) is 0. The lowest BCUT2D eigenvalue weighted by atomic mass is 9.95. The van der Waals surface area contributed by atoms with Gasteiger partial charge in [0.25, 0.3) is 0 Å². The van der Waals surface area contributed by atoms with Gasteiger partial charge in [0.05, 0.1) is 5.69 Å². The summed E-state index contributed by atoms with van der Waals surface area (Å²) in [6.45, 7) is 0. The Bertz CT molecular complexity index is 1540. The quantitative estimate of drug-likeness (QED) is 0.260. The average Bonchev–Trinajstić information content (AvgIpc) is 2.98. The monoisotopic (exact) mass is 461 g/mol. The van der Waals surface area contributed by atoms with Gasteiger partial charge in [-0.25, -0.2) is 9.97 Å². The molecule has 0 atom stereocenters. The lowest BCUT2D eigenvalue weighted by Crippen LogP contribution is -1.93. The highest BCUT2D eigenvalue weighted by Crippen LogP contribution is 2.33. The highest BCUT2D eigenvalue weighted by atomic mass is 14.9. The molecule has 6 aromatic rings. The van der Waals surface area contributed by atoms with Crippen molar-refractivity contribution in [3.63, 3.8) is 0 Å². The normalized spacial score (nSPS) is 10.8. The predicted octanol–water partition coefficient (Wildman–Crippen LogP) is 8.21. The number of nitrogens with zero attached hydrogens (tertiary/aromatic N) is 3. The number of hydrogen-bond acceptors (Lipinski definition) is 3. The molecule has 0 aliphatic carbocycles. The molecule has 6 rings (SSSR count). The van der Waals surface area contributed by atoms with Crippen molar-refractivity contribution in [1.82, 2.24) is 15.0 Å². The number of hydrogen-bond donors (Lipinski definition) is 0. The van der Waals surface area contributed by atoms with Crippen LogP contribution >= 0.6 is 0 Å². The van der Waals surface area contributed by atoms with Crippen LogP contribution in [0, 0.1) is 0 Å². The van der Waals surface area contributed by atoms with E-state index < -0.39 is 0 Å². The molecule has 2 aromatic heterocycles. The molecule has 3 heteroatoms. The summed E-state index contributed by atoms with van der Waals surface area (Å²) in [4.78, 5) is 13.8. The van der Waals surface area contributed by atoms with Crippen LogP contribution in [0.15, 0.2) is 140 Å². The maximum Gasteiger partial charge on any atom is 0.159 e. The van der Waals surface area contributed by atoms with E-state index in [9.17, 15) is 0 Å². The second kappa shape index (κ2) is 9.77. The number of rotatable bonds is 5. The highest BCUT2D eigenvalue weighted by Gasteiger charge is 2.10. The van der Waals surface area contributed by atoms with Crippen molar-refractivity contribution in [2.45, 2.75) is 0 Å². The summed E-state index contributed by atoms with van der Waals surface area (Å²) in [5, 5.41) is 0. The third-order valence-corrected chi connectivity index (χ3v) is 6.24. The lowest BCUT2D eigenvalue weighted by Gasteiger charge is -2.11. The van der Waals surface area contributed by atoms with Gasteiger partial charge in [-0.1, -0.05) is 91.0 Å². The molecule has 0 amide bonds. The van der Waals surface area contributed by atoms with Gasteiger partial charge in [-0.05, 0) is 63.7 Å². The summed E-state index contributed by atoms with van der Waals surface area (Å²) in [6.07, 6.45) is 5.49. The summed E-state index contributed by atoms with van der Waals surface area (Å²) in [5.41, 5.74) is 9.81. The second-order valence-corrected chi connectivity index (χ2v) is 8.62. The molecule has 0 spiro atoms. The molecule has 0 fully saturated rings. The molecule has 0 radical (unpaired) electrons. The van der Waals surface area contributed by atoms with Crippen LogP contribution in [-0.4, -0.2) is 15.0 Å². The molecule has 0 aliphatic rings. The Morgan fingerprint density at radius 3 is 1.56 bits per heavy atom. The van der Waals surface area contributed by atoms with E-state index >= 15 is 0 Å². The zero-order valence-corrected chi connectivity index (χ0v) is 19.6. The Labute approximate surface area is 210 Å². The molecule has 0 bridgehead atoms.